The summed E-state index contributed by atoms with van der Waals surface area (Å²) in [5.41, 5.74) is 5.36. The van der Waals surface area contributed by atoms with E-state index in [9.17, 15) is 4.79 Å². The van der Waals surface area contributed by atoms with Gasteiger partial charge < -0.3 is 5.73 Å². The second-order valence-electron chi connectivity index (χ2n) is 2.50. The summed E-state index contributed by atoms with van der Waals surface area (Å²) in [6.45, 7) is 2.00. The Bertz CT molecular complexity index is 264. The summed E-state index contributed by atoms with van der Waals surface area (Å²) in [4.78, 5) is 13.1. The number of H-pyrrole nitrogens is 2. The van der Waals surface area contributed by atoms with E-state index in [-0.39, 0.29) is 11.7 Å². The van der Waals surface area contributed by atoms with E-state index in [2.05, 4.69) is 15.2 Å². The van der Waals surface area contributed by atoms with E-state index >= 15 is 0 Å². The van der Waals surface area contributed by atoms with Gasteiger partial charge in [-0.2, -0.15) is 5.10 Å². The maximum absolute atomic E-state index is 10.5. The Morgan fingerprint density at radius 2 is 2.45 bits per heavy atom. The van der Waals surface area contributed by atoms with Gasteiger partial charge in [0.1, 0.15) is 5.82 Å². The lowest BCUT2D eigenvalue weighted by Gasteiger charge is -2.03. The van der Waals surface area contributed by atoms with E-state index in [1.165, 1.54) is 0 Å². The van der Waals surface area contributed by atoms with Crippen LogP contribution in [0.3, 0.4) is 0 Å². The molecule has 1 aromatic heterocycles. The maximum Gasteiger partial charge on any atom is 0.340 e. The highest BCUT2D eigenvalue weighted by Gasteiger charge is 2.03. The predicted octanol–water partition coefficient (Wildman–Crippen LogP) is -0.622. The second kappa shape index (κ2) is 3.34. The topological polar surface area (TPSA) is 87.6 Å². The molecule has 5 nitrogen and oxygen atoms in total. The fourth-order valence-corrected chi connectivity index (χ4v) is 0.795. The van der Waals surface area contributed by atoms with Crippen molar-refractivity contribution < 1.29 is 0 Å². The van der Waals surface area contributed by atoms with Gasteiger partial charge in [0.15, 0.2) is 0 Å². The van der Waals surface area contributed by atoms with Crippen molar-refractivity contribution in [3.63, 3.8) is 0 Å². The Labute approximate surface area is 64.0 Å². The van der Waals surface area contributed by atoms with Crippen molar-refractivity contribution in [2.24, 2.45) is 5.73 Å². The first kappa shape index (κ1) is 8.00. The van der Waals surface area contributed by atoms with Gasteiger partial charge in [0.25, 0.3) is 0 Å². The Balaban J connectivity index is 2.57. The van der Waals surface area contributed by atoms with Gasteiger partial charge in [0.2, 0.25) is 0 Å². The molecule has 11 heavy (non-hydrogen) atoms. The number of aromatic amines is 2. The molecule has 5 heteroatoms. The number of nitrogens with zero attached hydrogens (tertiary/aromatic N) is 1. The Morgan fingerprint density at radius 1 is 1.73 bits per heavy atom. The van der Waals surface area contributed by atoms with E-state index in [1.54, 1.807) is 0 Å². The van der Waals surface area contributed by atoms with Gasteiger partial charge in [-0.3, -0.25) is 4.98 Å². The summed E-state index contributed by atoms with van der Waals surface area (Å²) in [6, 6.07) is 0.0777. The molecule has 0 fully saturated rings. The van der Waals surface area contributed by atoms with Crippen molar-refractivity contribution in [3.8, 4) is 0 Å². The maximum atomic E-state index is 10.5. The standard InChI is InChI=1S/C6H12N4O/c1-2-4(7)3-5-8-6(11)10-9-5/h4H,2-3,7H2,1H3,(H2,8,9,10,11). The molecule has 1 unspecified atom stereocenters. The Hall–Kier alpha value is -1.10. The molecule has 62 valence electrons. The van der Waals surface area contributed by atoms with Gasteiger partial charge in [-0.1, -0.05) is 6.92 Å². The summed E-state index contributed by atoms with van der Waals surface area (Å²) >= 11 is 0. The van der Waals surface area contributed by atoms with Gasteiger partial charge in [-0.25, -0.2) is 9.89 Å². The molecule has 0 saturated heterocycles. The van der Waals surface area contributed by atoms with Crippen molar-refractivity contribution in [2.75, 3.05) is 0 Å². The average Bonchev–Trinajstić information content (AvgIpc) is 2.35. The number of hydrogen-bond acceptors (Lipinski definition) is 3. The van der Waals surface area contributed by atoms with Crippen LogP contribution in [0.1, 0.15) is 19.2 Å². The van der Waals surface area contributed by atoms with Crippen LogP contribution >= 0.6 is 0 Å². The van der Waals surface area contributed by atoms with Gasteiger partial charge >= 0.3 is 5.69 Å². The first-order valence-corrected chi connectivity index (χ1v) is 3.61. The molecule has 0 spiro atoms. The first-order chi connectivity index (χ1) is 5.22. The molecule has 0 aromatic carbocycles. The lowest BCUT2D eigenvalue weighted by molar-refractivity contribution is 0.626. The van der Waals surface area contributed by atoms with Crippen LogP contribution in [0.15, 0.2) is 4.79 Å². The van der Waals surface area contributed by atoms with Crippen molar-refractivity contribution in [1.82, 2.24) is 15.2 Å². The van der Waals surface area contributed by atoms with Crippen molar-refractivity contribution >= 4 is 0 Å². The van der Waals surface area contributed by atoms with E-state index in [4.69, 9.17) is 5.73 Å². The number of nitrogens with one attached hydrogen (secondary N) is 2. The largest absolute Gasteiger partial charge is 0.340 e. The van der Waals surface area contributed by atoms with Crippen LogP contribution in [0.4, 0.5) is 0 Å². The number of nitrogens with two attached hydrogens (primary N) is 1. The van der Waals surface area contributed by atoms with Gasteiger partial charge in [-0.05, 0) is 6.42 Å². The lowest BCUT2D eigenvalue weighted by atomic mass is 10.2. The number of hydrogen-bond donors (Lipinski definition) is 3. The molecule has 1 atom stereocenters. The molecule has 0 radical (unpaired) electrons. The molecule has 0 amide bonds. The van der Waals surface area contributed by atoms with Crippen LogP contribution in [0.2, 0.25) is 0 Å². The molecule has 0 aliphatic carbocycles. The quantitative estimate of drug-likeness (QED) is 0.545. The zero-order valence-corrected chi connectivity index (χ0v) is 6.42. The number of rotatable bonds is 3. The van der Waals surface area contributed by atoms with Crippen LogP contribution < -0.4 is 11.4 Å². The molecule has 1 rings (SSSR count). The highest BCUT2D eigenvalue weighted by molar-refractivity contribution is 4.84. The minimum absolute atomic E-state index is 0.0777. The van der Waals surface area contributed by atoms with Crippen LogP contribution in [0, 0.1) is 0 Å². The zero-order valence-electron chi connectivity index (χ0n) is 6.42. The third kappa shape index (κ3) is 2.19. The molecular formula is C6H12N4O. The molecule has 4 N–H and O–H groups in total. The SMILES string of the molecule is CCC(N)Cc1n[nH]c(=O)[nH]1. The van der Waals surface area contributed by atoms with E-state index in [1.807, 2.05) is 6.92 Å². The van der Waals surface area contributed by atoms with Crippen molar-refractivity contribution in [1.29, 1.82) is 0 Å². The third-order valence-corrected chi connectivity index (χ3v) is 1.53. The molecule has 1 heterocycles. The van der Waals surface area contributed by atoms with Crippen LogP contribution in [0.25, 0.3) is 0 Å². The molecular weight excluding hydrogens is 144 g/mol. The van der Waals surface area contributed by atoms with Crippen molar-refractivity contribution in [3.05, 3.63) is 16.3 Å². The minimum atomic E-state index is -0.275. The van der Waals surface area contributed by atoms with Gasteiger partial charge in [0.05, 0.1) is 0 Å². The summed E-state index contributed by atoms with van der Waals surface area (Å²) < 4.78 is 0. The smallest absolute Gasteiger partial charge is 0.327 e. The molecule has 0 aliphatic heterocycles. The fraction of sp³-hybridized carbons (Fsp3) is 0.667. The summed E-state index contributed by atoms with van der Waals surface area (Å²) in [5, 5.41) is 6.01. The van der Waals surface area contributed by atoms with E-state index in [0.717, 1.165) is 6.42 Å². The Morgan fingerprint density at radius 3 is 2.91 bits per heavy atom. The minimum Gasteiger partial charge on any atom is -0.327 e. The van der Waals surface area contributed by atoms with E-state index in [0.29, 0.717) is 12.2 Å². The average molecular weight is 156 g/mol. The molecule has 0 saturated carbocycles. The molecule has 0 bridgehead atoms. The van der Waals surface area contributed by atoms with Crippen molar-refractivity contribution in [2.45, 2.75) is 25.8 Å². The second-order valence-corrected chi connectivity index (χ2v) is 2.50. The molecule has 1 aromatic rings. The van der Waals surface area contributed by atoms with Crippen LogP contribution in [-0.2, 0) is 6.42 Å². The Kier molecular flexibility index (Phi) is 2.43. The predicted molar refractivity (Wildman–Crippen MR) is 41.2 cm³/mol. The highest BCUT2D eigenvalue weighted by Crippen LogP contribution is 1.93. The summed E-state index contributed by atoms with van der Waals surface area (Å²) in [5.74, 6) is 0.629. The summed E-state index contributed by atoms with van der Waals surface area (Å²) in [7, 11) is 0. The highest BCUT2D eigenvalue weighted by atomic mass is 16.1. The zero-order chi connectivity index (χ0) is 8.27. The van der Waals surface area contributed by atoms with E-state index < -0.39 is 0 Å². The monoisotopic (exact) mass is 156 g/mol. The normalized spacial score (nSPS) is 13.3. The van der Waals surface area contributed by atoms with Gasteiger partial charge in [-0.15, -0.1) is 0 Å². The van der Waals surface area contributed by atoms with Crippen LogP contribution in [0.5, 0.6) is 0 Å². The lowest BCUT2D eigenvalue weighted by Crippen LogP contribution is -2.22. The van der Waals surface area contributed by atoms with Gasteiger partial charge in [0, 0.05) is 12.5 Å². The number of aromatic nitrogens is 3. The van der Waals surface area contributed by atoms with Crippen LogP contribution in [-0.4, -0.2) is 21.2 Å². The first-order valence-electron chi connectivity index (χ1n) is 3.61. The molecule has 0 aliphatic rings. The fourth-order valence-electron chi connectivity index (χ4n) is 0.795. The third-order valence-electron chi connectivity index (χ3n) is 1.53. The summed E-state index contributed by atoms with van der Waals surface area (Å²) in [6.07, 6.45) is 1.50.